The highest BCUT2D eigenvalue weighted by molar-refractivity contribution is 9.10. The Kier molecular flexibility index (Phi) is 4.14. The molecule has 0 atom stereocenters. The van der Waals surface area contributed by atoms with Gasteiger partial charge in [-0.25, -0.2) is 0 Å². The van der Waals surface area contributed by atoms with E-state index in [1.807, 2.05) is 13.1 Å². The van der Waals surface area contributed by atoms with Crippen LogP contribution in [0.1, 0.15) is 17.3 Å². The summed E-state index contributed by atoms with van der Waals surface area (Å²) in [7, 11) is 0. The summed E-state index contributed by atoms with van der Waals surface area (Å²) in [5, 5.41) is 11.0. The van der Waals surface area contributed by atoms with Crippen molar-refractivity contribution in [2.24, 2.45) is 0 Å². The SMILES string of the molecule is CCn1cc(C(=O)NCCn2cc(Br)cn2)cn1. The van der Waals surface area contributed by atoms with Crippen LogP contribution in [0.25, 0.3) is 0 Å². The Morgan fingerprint density at radius 3 is 2.72 bits per heavy atom. The summed E-state index contributed by atoms with van der Waals surface area (Å²) < 4.78 is 4.41. The van der Waals surface area contributed by atoms with Gasteiger partial charge in [0.15, 0.2) is 0 Å². The summed E-state index contributed by atoms with van der Waals surface area (Å²) in [6.07, 6.45) is 6.89. The summed E-state index contributed by atoms with van der Waals surface area (Å²) in [6.45, 7) is 3.91. The van der Waals surface area contributed by atoms with E-state index in [-0.39, 0.29) is 5.91 Å². The molecular weight excluding hydrogens is 298 g/mol. The van der Waals surface area contributed by atoms with Gasteiger partial charge in [-0.05, 0) is 22.9 Å². The third-order valence-corrected chi connectivity index (χ3v) is 2.86. The van der Waals surface area contributed by atoms with Crippen molar-refractivity contribution in [3.05, 3.63) is 34.8 Å². The fourth-order valence-electron chi connectivity index (χ4n) is 1.50. The lowest BCUT2D eigenvalue weighted by Gasteiger charge is -2.03. The second-order valence-corrected chi connectivity index (χ2v) is 4.68. The van der Waals surface area contributed by atoms with Crippen molar-refractivity contribution in [3.8, 4) is 0 Å². The summed E-state index contributed by atoms with van der Waals surface area (Å²) in [6, 6.07) is 0. The number of rotatable bonds is 5. The smallest absolute Gasteiger partial charge is 0.254 e. The molecule has 0 spiro atoms. The monoisotopic (exact) mass is 311 g/mol. The molecule has 2 aromatic heterocycles. The van der Waals surface area contributed by atoms with Gasteiger partial charge in [-0.15, -0.1) is 0 Å². The molecule has 6 nitrogen and oxygen atoms in total. The number of hydrogen-bond donors (Lipinski definition) is 1. The van der Waals surface area contributed by atoms with Gasteiger partial charge in [0.25, 0.3) is 5.91 Å². The molecule has 1 amide bonds. The maximum atomic E-state index is 11.8. The summed E-state index contributed by atoms with van der Waals surface area (Å²) in [5.74, 6) is -0.110. The minimum Gasteiger partial charge on any atom is -0.350 e. The van der Waals surface area contributed by atoms with Crippen LogP contribution in [-0.4, -0.2) is 32.0 Å². The van der Waals surface area contributed by atoms with Gasteiger partial charge in [0, 0.05) is 25.5 Å². The molecule has 0 saturated heterocycles. The third kappa shape index (κ3) is 3.19. The molecule has 0 radical (unpaired) electrons. The van der Waals surface area contributed by atoms with E-state index in [4.69, 9.17) is 0 Å². The van der Waals surface area contributed by atoms with Gasteiger partial charge in [0.1, 0.15) is 0 Å². The zero-order valence-corrected chi connectivity index (χ0v) is 11.6. The van der Waals surface area contributed by atoms with E-state index >= 15 is 0 Å². The Morgan fingerprint density at radius 2 is 2.11 bits per heavy atom. The van der Waals surface area contributed by atoms with Gasteiger partial charge in [-0.2, -0.15) is 10.2 Å². The van der Waals surface area contributed by atoms with E-state index in [0.29, 0.717) is 18.7 Å². The second kappa shape index (κ2) is 5.81. The molecule has 0 unspecified atom stereocenters. The van der Waals surface area contributed by atoms with Crippen LogP contribution in [0.3, 0.4) is 0 Å². The molecule has 18 heavy (non-hydrogen) atoms. The fourth-order valence-corrected chi connectivity index (χ4v) is 1.83. The Bertz CT molecular complexity index is 533. The van der Waals surface area contributed by atoms with Crippen LogP contribution >= 0.6 is 15.9 Å². The van der Waals surface area contributed by atoms with Crippen molar-refractivity contribution in [3.63, 3.8) is 0 Å². The van der Waals surface area contributed by atoms with Crippen LogP contribution in [0.5, 0.6) is 0 Å². The summed E-state index contributed by atoms with van der Waals surface area (Å²) in [5.41, 5.74) is 0.582. The van der Waals surface area contributed by atoms with Crippen LogP contribution < -0.4 is 5.32 Å². The number of nitrogens with zero attached hydrogens (tertiary/aromatic N) is 4. The van der Waals surface area contributed by atoms with Crippen molar-refractivity contribution >= 4 is 21.8 Å². The lowest BCUT2D eigenvalue weighted by molar-refractivity contribution is 0.0952. The number of aryl methyl sites for hydroxylation is 1. The van der Waals surface area contributed by atoms with E-state index in [0.717, 1.165) is 11.0 Å². The Morgan fingerprint density at radius 1 is 1.33 bits per heavy atom. The zero-order chi connectivity index (χ0) is 13.0. The molecule has 96 valence electrons. The van der Waals surface area contributed by atoms with Gasteiger partial charge >= 0.3 is 0 Å². The maximum Gasteiger partial charge on any atom is 0.254 e. The van der Waals surface area contributed by atoms with Crippen molar-refractivity contribution in [1.29, 1.82) is 0 Å². The Balaban J connectivity index is 1.81. The normalized spacial score (nSPS) is 10.6. The molecule has 7 heteroatoms. The zero-order valence-electron chi connectivity index (χ0n) is 10.0. The van der Waals surface area contributed by atoms with Crippen LogP contribution in [0, 0.1) is 0 Å². The molecule has 0 saturated carbocycles. The van der Waals surface area contributed by atoms with Gasteiger partial charge in [-0.3, -0.25) is 14.2 Å². The Hall–Kier alpha value is -1.63. The standard InChI is InChI=1S/C11H14BrN5O/c1-2-16-7-9(5-14-16)11(18)13-3-4-17-8-10(12)6-15-17/h5-8H,2-4H2,1H3,(H,13,18). The average molecular weight is 312 g/mol. The minimum atomic E-state index is -0.110. The van der Waals surface area contributed by atoms with Crippen LogP contribution in [0.15, 0.2) is 29.3 Å². The number of halogens is 1. The highest BCUT2D eigenvalue weighted by Gasteiger charge is 2.07. The van der Waals surface area contributed by atoms with Crippen LogP contribution in [0.2, 0.25) is 0 Å². The first-order valence-corrected chi connectivity index (χ1v) is 6.47. The summed E-state index contributed by atoms with van der Waals surface area (Å²) in [4.78, 5) is 11.8. The number of hydrogen-bond acceptors (Lipinski definition) is 3. The molecule has 1 N–H and O–H groups in total. The van der Waals surface area contributed by atoms with E-state index in [9.17, 15) is 4.79 Å². The lowest BCUT2D eigenvalue weighted by atomic mass is 10.3. The van der Waals surface area contributed by atoms with Gasteiger partial charge in [0.2, 0.25) is 0 Å². The van der Waals surface area contributed by atoms with Gasteiger partial charge in [-0.1, -0.05) is 0 Å². The van der Waals surface area contributed by atoms with Crippen LogP contribution in [-0.2, 0) is 13.1 Å². The van der Waals surface area contributed by atoms with Crippen molar-refractivity contribution in [1.82, 2.24) is 24.9 Å². The van der Waals surface area contributed by atoms with E-state index in [2.05, 4.69) is 31.4 Å². The lowest BCUT2D eigenvalue weighted by Crippen LogP contribution is -2.27. The van der Waals surface area contributed by atoms with E-state index in [1.165, 1.54) is 0 Å². The second-order valence-electron chi connectivity index (χ2n) is 3.76. The van der Waals surface area contributed by atoms with Crippen molar-refractivity contribution < 1.29 is 4.79 Å². The fraction of sp³-hybridized carbons (Fsp3) is 0.364. The molecule has 0 bridgehead atoms. The first-order chi connectivity index (χ1) is 8.69. The van der Waals surface area contributed by atoms with Crippen molar-refractivity contribution in [2.75, 3.05) is 6.54 Å². The number of amides is 1. The predicted molar refractivity (Wildman–Crippen MR) is 70.2 cm³/mol. The minimum absolute atomic E-state index is 0.110. The molecule has 2 aromatic rings. The highest BCUT2D eigenvalue weighted by Crippen LogP contribution is 2.05. The van der Waals surface area contributed by atoms with Gasteiger partial charge < -0.3 is 5.32 Å². The topological polar surface area (TPSA) is 64.7 Å². The molecular formula is C11H14BrN5O. The van der Waals surface area contributed by atoms with Crippen molar-refractivity contribution in [2.45, 2.75) is 20.0 Å². The molecule has 2 rings (SSSR count). The van der Waals surface area contributed by atoms with E-state index < -0.39 is 0 Å². The number of carbonyl (C=O) groups is 1. The number of carbonyl (C=O) groups excluding carboxylic acids is 1. The van der Waals surface area contributed by atoms with Gasteiger partial charge in [0.05, 0.1) is 29.0 Å². The third-order valence-electron chi connectivity index (χ3n) is 2.45. The molecule has 0 aliphatic rings. The largest absolute Gasteiger partial charge is 0.350 e. The first kappa shape index (κ1) is 12.8. The van der Waals surface area contributed by atoms with E-state index in [1.54, 1.807) is 28.0 Å². The molecule has 0 aliphatic heterocycles. The Labute approximate surface area is 113 Å². The maximum absolute atomic E-state index is 11.8. The molecule has 0 aliphatic carbocycles. The number of nitrogens with one attached hydrogen (secondary N) is 1. The number of aromatic nitrogens is 4. The molecule has 0 fully saturated rings. The highest BCUT2D eigenvalue weighted by atomic mass is 79.9. The summed E-state index contributed by atoms with van der Waals surface area (Å²) >= 11 is 3.32. The average Bonchev–Trinajstić information content (AvgIpc) is 2.98. The predicted octanol–water partition coefficient (Wildman–Crippen LogP) is 1.29. The molecule has 2 heterocycles. The first-order valence-electron chi connectivity index (χ1n) is 5.67. The van der Waals surface area contributed by atoms with Crippen LogP contribution in [0.4, 0.5) is 0 Å². The molecule has 0 aromatic carbocycles. The quantitative estimate of drug-likeness (QED) is 0.905.